The molecule has 1 aromatic heterocycles. The predicted octanol–water partition coefficient (Wildman–Crippen LogP) is 4.31. The lowest BCUT2D eigenvalue weighted by atomic mass is 9.52. The monoisotopic (exact) mass is 391 g/mol. The van der Waals surface area contributed by atoms with Gasteiger partial charge in [-0.25, -0.2) is 4.79 Å². The number of aliphatic carboxylic acids is 1. The molecule has 2 aromatic rings. The molecule has 3 fully saturated rings. The quantitative estimate of drug-likeness (QED) is 0.817. The number of fused-ring (bicyclic) bond motifs is 4. The first-order valence-electron chi connectivity index (χ1n) is 10.3. The van der Waals surface area contributed by atoms with Crippen molar-refractivity contribution in [2.45, 2.75) is 57.0 Å². The molecule has 2 amide bonds. The minimum absolute atomic E-state index is 0.0992. The number of nitrogens with one attached hydrogen (secondary N) is 1. The Hall–Kier alpha value is -2.89. The molecule has 0 spiro atoms. The van der Waals surface area contributed by atoms with E-state index in [1.165, 1.54) is 5.56 Å². The fourth-order valence-corrected chi connectivity index (χ4v) is 5.39. The third-order valence-electron chi connectivity index (χ3n) is 7.42. The summed E-state index contributed by atoms with van der Waals surface area (Å²) >= 11 is 0. The van der Waals surface area contributed by atoms with E-state index in [4.69, 9.17) is 0 Å². The van der Waals surface area contributed by atoms with E-state index in [0.717, 1.165) is 55.5 Å². The maximum absolute atomic E-state index is 12.6. The van der Waals surface area contributed by atoms with Crippen LogP contribution in [0, 0.1) is 5.41 Å². The largest absolute Gasteiger partial charge is 0.481 e. The van der Waals surface area contributed by atoms with E-state index in [2.05, 4.69) is 22.4 Å². The van der Waals surface area contributed by atoms with Crippen LogP contribution in [0.1, 0.15) is 55.3 Å². The third-order valence-corrected chi connectivity index (χ3v) is 7.42. The number of amides is 2. The van der Waals surface area contributed by atoms with E-state index < -0.39 is 11.4 Å². The number of nitrogens with zero attached hydrogens (tertiary/aromatic N) is 2. The van der Waals surface area contributed by atoms with Gasteiger partial charge in [-0.2, -0.15) is 0 Å². The number of anilines is 1. The number of urea groups is 1. The van der Waals surface area contributed by atoms with Gasteiger partial charge in [0.1, 0.15) is 0 Å². The highest BCUT2D eigenvalue weighted by Gasteiger charge is 2.53. The standard InChI is InChI=1S/C23H25N3O3/c27-20(28)23-10-7-22(8-11-23,9-12-23)17-3-5-18(6-4-17)25-21(29)26-14-16-2-1-13-24-19(16)15-26/h1-6,13H,7-12,14-15H2,(H,25,29)(H,27,28). The van der Waals surface area contributed by atoms with Crippen molar-refractivity contribution < 1.29 is 14.7 Å². The number of pyridine rings is 1. The molecule has 6 nitrogen and oxygen atoms in total. The number of aromatic nitrogens is 1. The van der Waals surface area contributed by atoms with Gasteiger partial charge in [0.2, 0.25) is 0 Å². The predicted molar refractivity (Wildman–Crippen MR) is 108 cm³/mol. The molecule has 3 aliphatic carbocycles. The number of rotatable bonds is 3. The smallest absolute Gasteiger partial charge is 0.322 e. The zero-order chi connectivity index (χ0) is 20.1. The van der Waals surface area contributed by atoms with Gasteiger partial charge in [0, 0.05) is 18.4 Å². The van der Waals surface area contributed by atoms with Gasteiger partial charge in [-0.3, -0.25) is 9.78 Å². The molecular weight excluding hydrogens is 366 g/mol. The first-order chi connectivity index (χ1) is 14.0. The van der Waals surface area contributed by atoms with E-state index in [9.17, 15) is 14.7 Å². The summed E-state index contributed by atoms with van der Waals surface area (Å²) in [6, 6.07) is 11.9. The van der Waals surface area contributed by atoms with E-state index in [-0.39, 0.29) is 11.4 Å². The summed E-state index contributed by atoms with van der Waals surface area (Å²) < 4.78 is 0. The van der Waals surface area contributed by atoms with Crippen LogP contribution in [0.5, 0.6) is 0 Å². The molecule has 4 aliphatic rings. The van der Waals surface area contributed by atoms with Crippen LogP contribution in [0.4, 0.5) is 10.5 Å². The zero-order valence-corrected chi connectivity index (χ0v) is 16.4. The Morgan fingerprint density at radius 3 is 2.28 bits per heavy atom. The van der Waals surface area contributed by atoms with Crippen LogP contribution in [-0.4, -0.2) is 27.0 Å². The molecule has 0 saturated heterocycles. The maximum Gasteiger partial charge on any atom is 0.322 e. The first kappa shape index (κ1) is 18.2. The van der Waals surface area contributed by atoms with E-state index in [0.29, 0.717) is 13.1 Å². The van der Waals surface area contributed by atoms with E-state index >= 15 is 0 Å². The van der Waals surface area contributed by atoms with Crippen LogP contribution in [0.25, 0.3) is 0 Å². The Labute approximate surface area is 169 Å². The summed E-state index contributed by atoms with van der Waals surface area (Å²) in [5, 5.41) is 12.6. The molecule has 6 heteroatoms. The van der Waals surface area contributed by atoms with Gasteiger partial charge in [0.15, 0.2) is 0 Å². The van der Waals surface area contributed by atoms with Crippen LogP contribution >= 0.6 is 0 Å². The SMILES string of the molecule is O=C(Nc1ccc(C23CCC(C(=O)O)(CC2)CC3)cc1)N1Cc2cccnc2C1. The minimum Gasteiger partial charge on any atom is -0.481 e. The third kappa shape index (κ3) is 2.98. The lowest BCUT2D eigenvalue weighted by Crippen LogP contribution is -2.47. The summed E-state index contributed by atoms with van der Waals surface area (Å²) in [5.74, 6) is -0.622. The van der Waals surface area contributed by atoms with Gasteiger partial charge in [0.25, 0.3) is 0 Å². The zero-order valence-electron chi connectivity index (χ0n) is 16.4. The Morgan fingerprint density at radius 1 is 0.966 bits per heavy atom. The summed E-state index contributed by atoms with van der Waals surface area (Å²) in [7, 11) is 0. The van der Waals surface area contributed by atoms with Gasteiger partial charge in [0.05, 0.1) is 17.7 Å². The number of benzene rings is 1. The fourth-order valence-electron chi connectivity index (χ4n) is 5.39. The molecule has 1 aliphatic heterocycles. The number of hydrogen-bond donors (Lipinski definition) is 2. The number of carbonyl (C=O) groups excluding carboxylic acids is 1. The molecular formula is C23H25N3O3. The van der Waals surface area contributed by atoms with Crippen molar-refractivity contribution in [1.29, 1.82) is 0 Å². The molecule has 2 bridgehead atoms. The van der Waals surface area contributed by atoms with Crippen molar-refractivity contribution in [3.63, 3.8) is 0 Å². The summed E-state index contributed by atoms with van der Waals surface area (Å²) in [4.78, 5) is 30.4. The number of hydrogen-bond acceptors (Lipinski definition) is 3. The summed E-state index contributed by atoms with van der Waals surface area (Å²) in [6.07, 6.45) is 6.87. The molecule has 150 valence electrons. The highest BCUT2D eigenvalue weighted by atomic mass is 16.4. The molecule has 2 heterocycles. The van der Waals surface area contributed by atoms with Crippen molar-refractivity contribution in [2.75, 3.05) is 5.32 Å². The maximum atomic E-state index is 12.6. The van der Waals surface area contributed by atoms with Crippen LogP contribution in [0.3, 0.4) is 0 Å². The molecule has 0 atom stereocenters. The van der Waals surface area contributed by atoms with Crippen molar-refractivity contribution >= 4 is 17.7 Å². The van der Waals surface area contributed by atoms with Crippen LogP contribution < -0.4 is 5.32 Å². The lowest BCUT2D eigenvalue weighted by Gasteiger charge is -2.51. The topological polar surface area (TPSA) is 82.5 Å². The van der Waals surface area contributed by atoms with Gasteiger partial charge < -0.3 is 15.3 Å². The van der Waals surface area contributed by atoms with Crippen LogP contribution in [0.2, 0.25) is 0 Å². The average molecular weight is 391 g/mol. The van der Waals surface area contributed by atoms with E-state index in [1.807, 2.05) is 24.3 Å². The Morgan fingerprint density at radius 2 is 1.66 bits per heavy atom. The second-order valence-electron chi connectivity index (χ2n) is 8.84. The second kappa shape index (κ2) is 6.58. The Balaban J connectivity index is 1.25. The van der Waals surface area contributed by atoms with Crippen molar-refractivity contribution in [2.24, 2.45) is 5.41 Å². The number of carbonyl (C=O) groups is 2. The first-order valence-corrected chi connectivity index (χ1v) is 10.3. The second-order valence-corrected chi connectivity index (χ2v) is 8.84. The Kier molecular flexibility index (Phi) is 4.12. The minimum atomic E-state index is -0.622. The molecule has 1 aromatic carbocycles. The molecule has 2 N–H and O–H groups in total. The normalized spacial score (nSPS) is 27.5. The van der Waals surface area contributed by atoms with Crippen LogP contribution in [0.15, 0.2) is 42.6 Å². The van der Waals surface area contributed by atoms with Crippen molar-refractivity contribution in [3.05, 3.63) is 59.4 Å². The van der Waals surface area contributed by atoms with Gasteiger partial charge in [-0.1, -0.05) is 18.2 Å². The molecule has 0 radical (unpaired) electrons. The molecule has 29 heavy (non-hydrogen) atoms. The van der Waals surface area contributed by atoms with Crippen molar-refractivity contribution in [3.8, 4) is 0 Å². The van der Waals surface area contributed by atoms with Crippen molar-refractivity contribution in [1.82, 2.24) is 9.88 Å². The highest BCUT2D eigenvalue weighted by molar-refractivity contribution is 5.89. The highest BCUT2D eigenvalue weighted by Crippen LogP contribution is 2.57. The van der Waals surface area contributed by atoms with E-state index in [1.54, 1.807) is 11.1 Å². The molecule has 0 unspecified atom stereocenters. The average Bonchev–Trinajstić information content (AvgIpc) is 3.20. The van der Waals surface area contributed by atoms with Crippen LogP contribution in [-0.2, 0) is 23.3 Å². The number of carboxylic acid groups (broad SMARTS) is 1. The van der Waals surface area contributed by atoms with Gasteiger partial charge in [-0.05, 0) is 73.3 Å². The fraction of sp³-hybridized carbons (Fsp3) is 0.435. The Bertz CT molecular complexity index is 920. The number of carboxylic acids is 1. The lowest BCUT2D eigenvalue weighted by molar-refractivity contribution is -0.156. The molecule has 6 rings (SSSR count). The van der Waals surface area contributed by atoms with Gasteiger partial charge in [-0.15, -0.1) is 0 Å². The summed E-state index contributed by atoms with van der Waals surface area (Å²) in [5.41, 5.74) is 3.73. The molecule has 3 saturated carbocycles. The summed E-state index contributed by atoms with van der Waals surface area (Å²) in [6.45, 7) is 1.12. The van der Waals surface area contributed by atoms with Gasteiger partial charge >= 0.3 is 12.0 Å².